The van der Waals surface area contributed by atoms with Crippen molar-refractivity contribution < 1.29 is 58.7 Å². The lowest BCUT2D eigenvalue weighted by Gasteiger charge is -2.51. The Morgan fingerprint density at radius 2 is 1.74 bits per heavy atom. The molecule has 426 valence electrons. The molecule has 8 N–H and O–H groups in total. The smallest absolute Gasteiger partial charge is 0.325 e. The molecular weight excluding hydrogens is 983 g/mol. The van der Waals surface area contributed by atoms with Gasteiger partial charge in [0.05, 0.1) is 30.3 Å². The fraction of sp³-hybridized carbons (Fsp3) is 0.633. The first-order valence-corrected chi connectivity index (χ1v) is 28.0. The predicted molar refractivity (Wildman–Crippen MR) is 294 cm³/mol. The summed E-state index contributed by atoms with van der Waals surface area (Å²) in [5.41, 5.74) is 4.44. The molecule has 1 aromatic rings. The van der Waals surface area contributed by atoms with Gasteiger partial charge in [-0.3, -0.25) is 29.0 Å². The summed E-state index contributed by atoms with van der Waals surface area (Å²) in [6, 6.07) is 2.95. The number of nitrogens with one attached hydrogen (secondary N) is 4. The Balaban J connectivity index is 1.35. The normalized spacial score (nSPS) is 33.2. The van der Waals surface area contributed by atoms with Crippen LogP contribution in [0.5, 0.6) is 5.75 Å². The first-order valence-electron chi connectivity index (χ1n) is 28.0. The van der Waals surface area contributed by atoms with Crippen molar-refractivity contribution in [2.75, 3.05) is 6.54 Å². The van der Waals surface area contributed by atoms with Crippen LogP contribution in [0.2, 0.25) is 0 Å². The lowest BCUT2D eigenvalue weighted by molar-refractivity contribution is -0.179. The number of hydrazine groups is 1. The third-order valence-corrected chi connectivity index (χ3v) is 16.2. The maximum Gasteiger partial charge on any atom is 0.325 e. The lowest BCUT2D eigenvalue weighted by Crippen LogP contribution is -2.64. The second-order valence-corrected chi connectivity index (χ2v) is 22.7. The highest BCUT2D eigenvalue weighted by molar-refractivity contribution is 5.93. The largest absolute Gasteiger partial charge is 0.508 e. The summed E-state index contributed by atoms with van der Waals surface area (Å²) in [6.07, 6.45) is 14.4. The molecular formula is C60H89N5O12. The van der Waals surface area contributed by atoms with E-state index in [0.717, 1.165) is 24.0 Å². The van der Waals surface area contributed by atoms with Crippen LogP contribution in [-0.4, -0.2) is 122 Å². The summed E-state index contributed by atoms with van der Waals surface area (Å²) in [7, 11) is 0. The van der Waals surface area contributed by atoms with Crippen LogP contribution in [0.25, 0.3) is 0 Å². The number of piperidine rings is 1. The number of Topliss-reactive ketones (excluding diaryl/α,β-unsaturated/α-hetero) is 1. The van der Waals surface area contributed by atoms with Crippen LogP contribution in [0, 0.1) is 41.4 Å². The molecule has 4 aliphatic rings. The number of phenolic OH excluding ortho intramolecular Hbond substituents is 1. The second kappa shape index (κ2) is 29.0. The van der Waals surface area contributed by atoms with E-state index >= 15 is 0 Å². The average Bonchev–Trinajstić information content (AvgIpc) is 3.38. The van der Waals surface area contributed by atoms with E-state index in [1.807, 2.05) is 45.9 Å². The topological polar surface area (TPSA) is 253 Å². The number of cyclic esters (lactones) is 1. The Morgan fingerprint density at radius 1 is 1.00 bits per heavy atom. The maximum atomic E-state index is 14.5. The zero-order chi connectivity index (χ0) is 56.7. The number of amides is 4. The molecule has 1 spiro atoms. The fourth-order valence-electron chi connectivity index (χ4n) is 10.9. The van der Waals surface area contributed by atoms with Crippen LogP contribution in [0.4, 0.5) is 0 Å². The van der Waals surface area contributed by atoms with Gasteiger partial charge in [-0.15, -0.1) is 0 Å². The third-order valence-electron chi connectivity index (χ3n) is 16.2. The summed E-state index contributed by atoms with van der Waals surface area (Å²) >= 11 is 0. The number of phenols is 1. The highest BCUT2D eigenvalue weighted by atomic mass is 16.5. The number of rotatable bonds is 15. The standard InChI is InChI=1S/C60H89N5O12/c1-11-44-31-40(8)60(63-55(44)71)39(7)30-38(6)52(77-60)34-50(69)36(4)20-14-12-15-21-37(5)51-26-17-13-16-25-49(68)42(10)54(70)46(28-27-41(9)66)56(72)62-53(35(2)3)57(73)61-48(33-43-22-18-23-45(67)32-43)58(74)65-29-19-24-47(64-65)59(75)76-51/h12-13,15-18,21-23,25,30,32,35-36,38,40,42,44,46-54,64,67-70H,11,14,19-20,24,26-29,31,33-34H2,1-10H3,(H,61,73)(H,62,72)(H,63,71)/b15-12+,17-13-,25-16-,37-21+/t36-,38+,40-,42-,44-,46+,47-,48-,49-,50-,51-,52-,53-,54+,60-/m0/s1. The second-order valence-electron chi connectivity index (χ2n) is 22.7. The van der Waals surface area contributed by atoms with Gasteiger partial charge in [0.25, 0.3) is 5.91 Å². The van der Waals surface area contributed by atoms with Gasteiger partial charge in [0.1, 0.15) is 35.8 Å². The number of allylic oxidation sites excluding steroid dienone is 5. The number of carbonyl (C=O) groups is 6. The molecule has 0 aromatic heterocycles. The Kier molecular flexibility index (Phi) is 23.5. The number of hydrogen-bond acceptors (Lipinski definition) is 13. The first-order chi connectivity index (χ1) is 36.5. The maximum absolute atomic E-state index is 14.5. The molecule has 17 nitrogen and oxygen atoms in total. The molecule has 5 rings (SSSR count). The van der Waals surface area contributed by atoms with Gasteiger partial charge in [0.2, 0.25) is 17.7 Å². The minimum Gasteiger partial charge on any atom is -0.508 e. The molecule has 0 radical (unpaired) electrons. The molecule has 2 fully saturated rings. The number of ketones is 1. The number of carbonyl (C=O) groups excluding carboxylic acids is 6. The van der Waals surface area contributed by atoms with Crippen LogP contribution in [0.1, 0.15) is 139 Å². The highest BCUT2D eigenvalue weighted by Crippen LogP contribution is 2.43. The van der Waals surface area contributed by atoms with Crippen molar-refractivity contribution in [2.45, 2.75) is 194 Å². The van der Waals surface area contributed by atoms with Crippen molar-refractivity contribution in [3.05, 3.63) is 89.6 Å². The molecule has 4 heterocycles. The van der Waals surface area contributed by atoms with Gasteiger partial charge in [0.15, 0.2) is 5.72 Å². The van der Waals surface area contributed by atoms with Gasteiger partial charge in [-0.2, -0.15) is 0 Å². The van der Waals surface area contributed by atoms with Crippen molar-refractivity contribution in [1.82, 2.24) is 26.4 Å². The summed E-state index contributed by atoms with van der Waals surface area (Å²) in [5, 5.41) is 54.7. The Bertz CT molecular complexity index is 2360. The van der Waals surface area contributed by atoms with Crippen molar-refractivity contribution in [2.24, 2.45) is 41.4 Å². The van der Waals surface area contributed by atoms with Crippen molar-refractivity contribution >= 4 is 35.4 Å². The lowest BCUT2D eigenvalue weighted by atomic mass is 9.75. The van der Waals surface area contributed by atoms with Gasteiger partial charge in [-0.05, 0) is 106 Å². The number of fused-ring (bicyclic) bond motifs is 2. The third kappa shape index (κ3) is 17.0. The molecule has 77 heavy (non-hydrogen) atoms. The van der Waals surface area contributed by atoms with Crippen LogP contribution < -0.4 is 21.4 Å². The Morgan fingerprint density at radius 3 is 2.43 bits per heavy atom. The summed E-state index contributed by atoms with van der Waals surface area (Å²) in [5.74, 6) is -5.31. The zero-order valence-electron chi connectivity index (χ0n) is 47.1. The van der Waals surface area contributed by atoms with Crippen molar-refractivity contribution in [3.63, 3.8) is 0 Å². The number of nitrogens with zero attached hydrogens (tertiary/aromatic N) is 1. The van der Waals surface area contributed by atoms with Gasteiger partial charge in [-0.25, -0.2) is 5.43 Å². The molecule has 4 amide bonds. The Hall–Kier alpha value is -5.46. The molecule has 17 heteroatoms. The number of aliphatic hydroxyl groups excluding tert-OH is 3. The summed E-state index contributed by atoms with van der Waals surface area (Å²) in [4.78, 5) is 82.1. The van der Waals surface area contributed by atoms with Crippen LogP contribution in [0.3, 0.4) is 0 Å². The van der Waals surface area contributed by atoms with E-state index in [-0.39, 0.29) is 79.4 Å². The van der Waals surface area contributed by atoms with E-state index in [2.05, 4.69) is 41.3 Å². The highest BCUT2D eigenvalue weighted by Gasteiger charge is 2.51. The van der Waals surface area contributed by atoms with Gasteiger partial charge >= 0.3 is 5.97 Å². The number of esters is 1. The summed E-state index contributed by atoms with van der Waals surface area (Å²) < 4.78 is 13.0. The van der Waals surface area contributed by atoms with E-state index < -0.39 is 89.7 Å². The van der Waals surface area contributed by atoms with E-state index in [0.29, 0.717) is 37.7 Å². The number of hydrogen-bond donors (Lipinski definition) is 8. The monoisotopic (exact) mass is 1070 g/mol. The molecule has 2 saturated heterocycles. The molecule has 15 atom stereocenters. The van der Waals surface area contributed by atoms with Crippen LogP contribution in [-0.2, 0) is 44.7 Å². The molecule has 1 aromatic carbocycles. The van der Waals surface area contributed by atoms with E-state index in [1.165, 1.54) is 30.1 Å². The van der Waals surface area contributed by atoms with E-state index in [4.69, 9.17) is 9.47 Å². The molecule has 0 unspecified atom stereocenters. The molecule has 2 bridgehead atoms. The average molecular weight is 1070 g/mol. The Labute approximate surface area is 456 Å². The van der Waals surface area contributed by atoms with Crippen LogP contribution in [0.15, 0.2) is 84.0 Å². The van der Waals surface area contributed by atoms with Crippen molar-refractivity contribution in [3.8, 4) is 5.75 Å². The summed E-state index contributed by atoms with van der Waals surface area (Å²) in [6.45, 7) is 18.7. The minimum atomic E-state index is -1.43. The van der Waals surface area contributed by atoms with Crippen molar-refractivity contribution in [1.29, 1.82) is 0 Å². The SMILES string of the molecule is CC[C@H]1C[C@H](C)[C@@]2(NC1=O)O[C@@H](C[C@H](O)[C@@H](C)CC/C=C/C=C(\C)[C@@H]1C/C=C\C=C/[C@H](O)[C@H](C)[C@@H](O)[C@@H](CCC(C)=O)C(=O)N[C@@H](C(C)C)C(=O)N[C@@H](Cc3cccc(O)c3)C(=O)N3CCC[C@H](N3)C(=O)O1)[C@H](C)C=C2C. The molecule has 0 saturated carbocycles. The zero-order valence-corrected chi connectivity index (χ0v) is 47.1. The quantitative estimate of drug-likeness (QED) is 0.0542. The van der Waals surface area contributed by atoms with Crippen LogP contribution >= 0.6 is 0 Å². The molecule has 0 aliphatic carbocycles. The van der Waals surface area contributed by atoms with Gasteiger partial charge < -0.3 is 50.6 Å². The minimum absolute atomic E-state index is 0.00834. The number of ether oxygens (including phenoxy) is 2. The first kappa shape index (κ1) is 62.4. The number of aliphatic hydroxyl groups is 3. The number of aromatic hydroxyl groups is 1. The van der Waals surface area contributed by atoms with E-state index in [9.17, 15) is 49.2 Å². The van der Waals surface area contributed by atoms with Gasteiger partial charge in [0, 0.05) is 55.9 Å². The van der Waals surface area contributed by atoms with E-state index in [1.54, 1.807) is 51.1 Å². The molecule has 4 aliphatic heterocycles. The number of benzene rings is 1. The van der Waals surface area contributed by atoms with Gasteiger partial charge in [-0.1, -0.05) is 109 Å². The fourth-order valence-corrected chi connectivity index (χ4v) is 10.9. The predicted octanol–water partition coefficient (Wildman–Crippen LogP) is 6.36.